The van der Waals surface area contributed by atoms with Gasteiger partial charge in [-0.25, -0.2) is 15.0 Å². The smallest absolute Gasteiger partial charge is 0.237 e. The minimum atomic E-state index is -0.518. The summed E-state index contributed by atoms with van der Waals surface area (Å²) >= 11 is 1.57. The number of aromatic amines is 1. The van der Waals surface area contributed by atoms with Crippen LogP contribution in [0.1, 0.15) is 38.1 Å². The highest BCUT2D eigenvalue weighted by molar-refractivity contribution is 7.16. The fraction of sp³-hybridized carbons (Fsp3) is 0.417. The Hall–Kier alpha value is -5.15. The van der Waals surface area contributed by atoms with E-state index in [0.29, 0.717) is 73.6 Å². The first kappa shape index (κ1) is 33.0. The number of carbonyl (C=O) groups is 2. The third-order valence-corrected chi connectivity index (χ3v) is 11.0. The van der Waals surface area contributed by atoms with Crippen molar-refractivity contribution in [2.24, 2.45) is 12.5 Å². The van der Waals surface area contributed by atoms with Crippen LogP contribution in [0.4, 0.5) is 5.82 Å². The van der Waals surface area contributed by atoms with Gasteiger partial charge in [-0.05, 0) is 75.6 Å². The van der Waals surface area contributed by atoms with Crippen LogP contribution in [0.15, 0.2) is 48.9 Å². The van der Waals surface area contributed by atoms with Gasteiger partial charge in [-0.15, -0.1) is 11.3 Å². The second-order valence-electron chi connectivity index (χ2n) is 13.7. The molecule has 3 aliphatic heterocycles. The molecule has 2 amide bonds. The van der Waals surface area contributed by atoms with Crippen LogP contribution < -0.4 is 14.4 Å². The molecule has 7 heterocycles. The summed E-state index contributed by atoms with van der Waals surface area (Å²) in [5.41, 5.74) is 3.58. The topological polar surface area (TPSA) is 147 Å². The molecule has 1 aromatic carbocycles. The van der Waals surface area contributed by atoms with Crippen molar-refractivity contribution in [3.05, 3.63) is 53.9 Å². The summed E-state index contributed by atoms with van der Waals surface area (Å²) in [5.74, 6) is 2.70. The lowest BCUT2D eigenvalue weighted by molar-refractivity contribution is -0.132. The zero-order chi connectivity index (χ0) is 35.3. The van der Waals surface area contributed by atoms with Gasteiger partial charge in [0.1, 0.15) is 28.4 Å². The fourth-order valence-corrected chi connectivity index (χ4v) is 8.20. The summed E-state index contributed by atoms with van der Waals surface area (Å²) in [6.45, 7) is 7.28. The van der Waals surface area contributed by atoms with Crippen molar-refractivity contribution in [3.8, 4) is 33.5 Å². The Bertz CT molecular complexity index is 2150. The Labute approximate surface area is 299 Å². The van der Waals surface area contributed by atoms with E-state index in [1.165, 1.54) is 0 Å². The minimum absolute atomic E-state index is 0.0102. The standard InChI is InChI=1S/C36H40N10O4S/c1-22(2)50-26-7-5-24(17-27(26)49-4)31-32-25(40-41-31)6-8-29(39-32)46-16-12-36(35(46)48)11-15-44(20-36)19-30(47)45-13-9-23(10-14-45)34-37-18-28(51-34)33-38-21-43(3)42-33/h5-9,17-18,21-22H,10-16,19-20H2,1-4H3,(H,40,41)/t36-/m0/s1. The van der Waals surface area contributed by atoms with Crippen molar-refractivity contribution in [1.29, 1.82) is 0 Å². The van der Waals surface area contributed by atoms with Crippen LogP contribution in [0.3, 0.4) is 0 Å². The van der Waals surface area contributed by atoms with E-state index in [-0.39, 0.29) is 17.9 Å². The lowest BCUT2D eigenvalue weighted by Crippen LogP contribution is -2.43. The molecule has 264 valence electrons. The molecule has 1 atom stereocenters. The lowest BCUT2D eigenvalue weighted by atomic mass is 9.85. The van der Waals surface area contributed by atoms with E-state index in [9.17, 15) is 9.59 Å². The Morgan fingerprint density at radius 1 is 1.10 bits per heavy atom. The Morgan fingerprint density at radius 2 is 1.96 bits per heavy atom. The van der Waals surface area contributed by atoms with Crippen LogP contribution in [0, 0.1) is 5.41 Å². The average molecular weight is 709 g/mol. The number of aryl methyl sites for hydroxylation is 1. The summed E-state index contributed by atoms with van der Waals surface area (Å²) in [6, 6.07) is 9.50. The average Bonchev–Trinajstić information content (AvgIpc) is 3.98. The number of hydrogen-bond donors (Lipinski definition) is 1. The number of methoxy groups -OCH3 is 1. The van der Waals surface area contributed by atoms with E-state index in [0.717, 1.165) is 45.8 Å². The summed E-state index contributed by atoms with van der Waals surface area (Å²) in [6.07, 6.45) is 7.79. The molecule has 51 heavy (non-hydrogen) atoms. The maximum Gasteiger partial charge on any atom is 0.237 e. The first-order chi connectivity index (χ1) is 24.7. The van der Waals surface area contributed by atoms with Gasteiger partial charge in [0, 0.05) is 45.0 Å². The summed E-state index contributed by atoms with van der Waals surface area (Å²) < 4.78 is 13.2. The molecule has 15 heteroatoms. The predicted molar refractivity (Wildman–Crippen MR) is 193 cm³/mol. The SMILES string of the molecule is COc1cc(-c2n[nH]c3ccc(N4CC[C@]5(CCN(CC(=O)N6CC=C(c7ncc(-c8ncn(C)n8)s7)CC6)C5)C4=O)nc23)ccc1OC(C)C. The summed E-state index contributed by atoms with van der Waals surface area (Å²) in [7, 11) is 3.46. The molecular weight excluding hydrogens is 669 g/mol. The van der Waals surface area contributed by atoms with Crippen LogP contribution in [-0.2, 0) is 16.6 Å². The third kappa shape index (κ3) is 6.24. The first-order valence-corrected chi connectivity index (χ1v) is 18.0. The molecule has 1 spiro atoms. The fourth-order valence-electron chi connectivity index (χ4n) is 7.28. The van der Waals surface area contributed by atoms with Crippen LogP contribution in [0.2, 0.25) is 0 Å². The Balaban J connectivity index is 0.910. The molecule has 0 saturated carbocycles. The van der Waals surface area contributed by atoms with Gasteiger partial charge in [-0.2, -0.15) is 10.2 Å². The number of anilines is 1. The van der Waals surface area contributed by atoms with E-state index in [1.807, 2.05) is 62.3 Å². The molecule has 1 N–H and O–H groups in total. The highest BCUT2D eigenvalue weighted by atomic mass is 32.1. The number of fused-ring (bicyclic) bond motifs is 1. The zero-order valence-corrected chi connectivity index (χ0v) is 29.9. The molecule has 2 fully saturated rings. The van der Waals surface area contributed by atoms with Crippen molar-refractivity contribution in [2.45, 2.75) is 39.2 Å². The second-order valence-corrected chi connectivity index (χ2v) is 14.7. The third-order valence-electron chi connectivity index (χ3n) is 9.94. The number of nitrogens with one attached hydrogen (secondary N) is 1. The molecule has 2 saturated heterocycles. The number of H-pyrrole nitrogens is 1. The van der Waals surface area contributed by atoms with E-state index in [4.69, 9.17) is 14.5 Å². The number of aromatic nitrogens is 7. The molecule has 0 bridgehead atoms. The molecule has 8 rings (SSSR count). The molecule has 0 aliphatic carbocycles. The number of amides is 2. The van der Waals surface area contributed by atoms with Crippen molar-refractivity contribution < 1.29 is 19.1 Å². The molecular formula is C36H40N10O4S. The van der Waals surface area contributed by atoms with Gasteiger partial charge in [0.25, 0.3) is 0 Å². The number of rotatable bonds is 9. The van der Waals surface area contributed by atoms with Crippen LogP contribution in [0.5, 0.6) is 11.5 Å². The van der Waals surface area contributed by atoms with Crippen molar-refractivity contribution in [2.75, 3.05) is 51.3 Å². The highest BCUT2D eigenvalue weighted by Gasteiger charge is 2.51. The van der Waals surface area contributed by atoms with Crippen molar-refractivity contribution in [3.63, 3.8) is 0 Å². The number of hydrogen-bond acceptors (Lipinski definition) is 11. The predicted octanol–water partition coefficient (Wildman–Crippen LogP) is 4.42. The number of pyridine rings is 1. The summed E-state index contributed by atoms with van der Waals surface area (Å²) in [4.78, 5) is 48.1. The van der Waals surface area contributed by atoms with Gasteiger partial charge >= 0.3 is 0 Å². The maximum atomic E-state index is 14.1. The van der Waals surface area contributed by atoms with Gasteiger partial charge in [0.15, 0.2) is 17.3 Å². The van der Waals surface area contributed by atoms with E-state index >= 15 is 0 Å². The molecule has 3 aliphatic rings. The maximum absolute atomic E-state index is 14.1. The highest BCUT2D eigenvalue weighted by Crippen LogP contribution is 2.43. The van der Waals surface area contributed by atoms with Crippen LogP contribution >= 0.6 is 11.3 Å². The number of carbonyl (C=O) groups excluding carboxylic acids is 2. The van der Waals surface area contributed by atoms with Gasteiger partial charge in [-0.1, -0.05) is 6.08 Å². The van der Waals surface area contributed by atoms with Crippen molar-refractivity contribution in [1.82, 2.24) is 44.7 Å². The largest absolute Gasteiger partial charge is 0.493 e. The first-order valence-electron chi connectivity index (χ1n) is 17.2. The molecule has 14 nitrogen and oxygen atoms in total. The Morgan fingerprint density at radius 3 is 2.73 bits per heavy atom. The van der Waals surface area contributed by atoms with Gasteiger partial charge in [-0.3, -0.25) is 29.2 Å². The Kier molecular flexibility index (Phi) is 8.54. The lowest BCUT2D eigenvalue weighted by Gasteiger charge is -2.28. The van der Waals surface area contributed by atoms with E-state index < -0.39 is 5.41 Å². The molecule has 0 radical (unpaired) electrons. The van der Waals surface area contributed by atoms with Crippen LogP contribution in [0.25, 0.3) is 38.6 Å². The monoisotopic (exact) mass is 708 g/mol. The number of likely N-dealkylation sites (tertiary alicyclic amines) is 1. The number of nitrogens with zero attached hydrogens (tertiary/aromatic N) is 9. The number of ether oxygens (including phenoxy) is 2. The van der Waals surface area contributed by atoms with Gasteiger partial charge in [0.05, 0.1) is 35.6 Å². The van der Waals surface area contributed by atoms with E-state index in [1.54, 1.807) is 34.4 Å². The van der Waals surface area contributed by atoms with E-state index in [2.05, 4.69) is 36.2 Å². The van der Waals surface area contributed by atoms with Crippen molar-refractivity contribution >= 4 is 45.6 Å². The molecule has 5 aromatic rings. The minimum Gasteiger partial charge on any atom is -0.493 e. The normalized spacial score (nSPS) is 19.5. The number of benzene rings is 1. The van der Waals surface area contributed by atoms with Gasteiger partial charge in [0.2, 0.25) is 11.8 Å². The number of thiazole rings is 1. The molecule has 0 unspecified atom stereocenters. The second kappa shape index (κ2) is 13.2. The van der Waals surface area contributed by atoms with Crippen LogP contribution in [-0.4, -0.2) is 109 Å². The summed E-state index contributed by atoms with van der Waals surface area (Å²) in [5, 5.41) is 12.9. The van der Waals surface area contributed by atoms with Gasteiger partial charge < -0.3 is 14.4 Å². The zero-order valence-electron chi connectivity index (χ0n) is 29.1. The quantitative estimate of drug-likeness (QED) is 0.234. The molecule has 4 aromatic heterocycles.